The van der Waals surface area contributed by atoms with Crippen LogP contribution in [0, 0.1) is 0 Å². The van der Waals surface area contributed by atoms with Crippen LogP contribution in [-0.4, -0.2) is 50.7 Å². The van der Waals surface area contributed by atoms with Crippen LogP contribution in [0.2, 0.25) is 0 Å². The minimum atomic E-state index is -0.384. The summed E-state index contributed by atoms with van der Waals surface area (Å²) in [6.07, 6.45) is 0.781. The molecule has 0 aliphatic rings. The normalized spacial score (nSPS) is 12.3. The maximum Gasteiger partial charge on any atom is 0.236 e. The molecule has 0 bridgehead atoms. The molecule has 3 N–H and O–H groups in total. The number of methoxy groups -OCH3 is 1. The van der Waals surface area contributed by atoms with E-state index >= 15 is 0 Å². The lowest BCUT2D eigenvalue weighted by atomic mass is 10.3. The molecule has 0 rings (SSSR count). The largest absolute Gasteiger partial charge is 0.385 e. The molecule has 18 heavy (non-hydrogen) atoms. The van der Waals surface area contributed by atoms with E-state index in [9.17, 15) is 9.59 Å². The molecule has 6 nitrogen and oxygen atoms in total. The summed E-state index contributed by atoms with van der Waals surface area (Å²) in [5.74, 6) is -0.215. The van der Waals surface area contributed by atoms with Gasteiger partial charge in [-0.15, -0.1) is 0 Å². The van der Waals surface area contributed by atoms with E-state index in [1.54, 1.807) is 14.0 Å². The number of carbonyl (C=O) groups excluding carboxylic acids is 2. The van der Waals surface area contributed by atoms with Crippen LogP contribution in [0.5, 0.6) is 0 Å². The first-order valence-electron chi connectivity index (χ1n) is 6.26. The SMILES string of the molecule is COCCCNC(=O)C(C)NCC(=O)NC(C)C. The highest BCUT2D eigenvalue weighted by atomic mass is 16.5. The Bertz CT molecular complexity index is 257. The van der Waals surface area contributed by atoms with Gasteiger partial charge in [0.15, 0.2) is 0 Å². The summed E-state index contributed by atoms with van der Waals surface area (Å²) in [6, 6.07) is -0.275. The first kappa shape index (κ1) is 16.9. The number of hydrogen-bond acceptors (Lipinski definition) is 4. The highest BCUT2D eigenvalue weighted by Crippen LogP contribution is 1.84. The fraction of sp³-hybridized carbons (Fsp3) is 0.833. The van der Waals surface area contributed by atoms with Crippen molar-refractivity contribution in [2.24, 2.45) is 0 Å². The quantitative estimate of drug-likeness (QED) is 0.494. The minimum Gasteiger partial charge on any atom is -0.385 e. The summed E-state index contributed by atoms with van der Waals surface area (Å²) in [4.78, 5) is 23.0. The summed E-state index contributed by atoms with van der Waals surface area (Å²) in [6.45, 7) is 6.86. The number of hydrogen-bond donors (Lipinski definition) is 3. The zero-order valence-electron chi connectivity index (χ0n) is 11.7. The molecule has 0 aliphatic carbocycles. The molecule has 0 radical (unpaired) electrons. The predicted molar refractivity (Wildman–Crippen MR) is 70.2 cm³/mol. The molecule has 0 saturated carbocycles. The summed E-state index contributed by atoms with van der Waals surface area (Å²) < 4.78 is 4.88. The summed E-state index contributed by atoms with van der Waals surface area (Å²) in [5.41, 5.74) is 0. The Balaban J connectivity index is 3.70. The van der Waals surface area contributed by atoms with E-state index in [1.165, 1.54) is 0 Å². The molecule has 1 atom stereocenters. The van der Waals surface area contributed by atoms with Crippen molar-refractivity contribution < 1.29 is 14.3 Å². The lowest BCUT2D eigenvalue weighted by molar-refractivity contribution is -0.123. The first-order chi connectivity index (χ1) is 8.47. The van der Waals surface area contributed by atoms with Crippen molar-refractivity contribution in [3.8, 4) is 0 Å². The van der Waals surface area contributed by atoms with E-state index in [0.29, 0.717) is 13.2 Å². The van der Waals surface area contributed by atoms with E-state index < -0.39 is 0 Å². The van der Waals surface area contributed by atoms with Crippen molar-refractivity contribution in [3.63, 3.8) is 0 Å². The van der Waals surface area contributed by atoms with Crippen LogP contribution in [-0.2, 0) is 14.3 Å². The fourth-order valence-corrected chi connectivity index (χ4v) is 1.29. The van der Waals surface area contributed by atoms with Crippen molar-refractivity contribution >= 4 is 11.8 Å². The number of amides is 2. The second-order valence-electron chi connectivity index (χ2n) is 4.46. The highest BCUT2D eigenvalue weighted by molar-refractivity contribution is 5.83. The van der Waals surface area contributed by atoms with Crippen LogP contribution in [0.3, 0.4) is 0 Å². The third-order valence-electron chi connectivity index (χ3n) is 2.24. The van der Waals surface area contributed by atoms with Crippen molar-refractivity contribution in [1.29, 1.82) is 0 Å². The summed E-state index contributed by atoms with van der Waals surface area (Å²) in [5, 5.41) is 8.39. The van der Waals surface area contributed by atoms with Crippen molar-refractivity contribution in [3.05, 3.63) is 0 Å². The second kappa shape index (κ2) is 9.85. The predicted octanol–water partition coefficient (Wildman–Crippen LogP) is -0.358. The van der Waals surface area contributed by atoms with Crippen LogP contribution in [0.25, 0.3) is 0 Å². The van der Waals surface area contributed by atoms with Crippen LogP contribution in [0.1, 0.15) is 27.2 Å². The van der Waals surface area contributed by atoms with Crippen LogP contribution in [0.4, 0.5) is 0 Å². The number of rotatable bonds is 9. The van der Waals surface area contributed by atoms with Crippen molar-refractivity contribution in [1.82, 2.24) is 16.0 Å². The van der Waals surface area contributed by atoms with E-state index in [2.05, 4.69) is 16.0 Å². The molecule has 0 saturated heterocycles. The van der Waals surface area contributed by atoms with Gasteiger partial charge in [-0.1, -0.05) is 0 Å². The van der Waals surface area contributed by atoms with Gasteiger partial charge in [0.1, 0.15) is 0 Å². The van der Waals surface area contributed by atoms with Gasteiger partial charge in [0, 0.05) is 26.3 Å². The molecule has 2 amide bonds. The smallest absolute Gasteiger partial charge is 0.236 e. The Kier molecular flexibility index (Phi) is 9.22. The van der Waals surface area contributed by atoms with Gasteiger partial charge in [0.25, 0.3) is 0 Å². The Hall–Kier alpha value is -1.14. The Morgan fingerprint density at radius 3 is 2.44 bits per heavy atom. The number of carbonyl (C=O) groups is 2. The van der Waals surface area contributed by atoms with Gasteiger partial charge in [0.2, 0.25) is 11.8 Å². The molecule has 0 aliphatic heterocycles. The summed E-state index contributed by atoms with van der Waals surface area (Å²) in [7, 11) is 1.62. The molecule has 0 aromatic rings. The first-order valence-corrected chi connectivity index (χ1v) is 6.26. The topological polar surface area (TPSA) is 79.5 Å². The van der Waals surface area contributed by atoms with Gasteiger partial charge in [0.05, 0.1) is 12.6 Å². The van der Waals surface area contributed by atoms with E-state index in [1.807, 2.05) is 13.8 Å². The Morgan fingerprint density at radius 1 is 1.22 bits per heavy atom. The van der Waals surface area contributed by atoms with Gasteiger partial charge in [-0.2, -0.15) is 0 Å². The lowest BCUT2D eigenvalue weighted by Crippen LogP contribution is -2.47. The maximum absolute atomic E-state index is 11.6. The molecule has 0 aromatic heterocycles. The van der Waals surface area contributed by atoms with Gasteiger partial charge in [-0.05, 0) is 27.2 Å². The van der Waals surface area contributed by atoms with Gasteiger partial charge >= 0.3 is 0 Å². The molecule has 6 heteroatoms. The van der Waals surface area contributed by atoms with E-state index in [-0.39, 0.29) is 30.4 Å². The Morgan fingerprint density at radius 2 is 1.89 bits per heavy atom. The third kappa shape index (κ3) is 8.95. The van der Waals surface area contributed by atoms with Gasteiger partial charge < -0.3 is 15.4 Å². The zero-order chi connectivity index (χ0) is 14.0. The third-order valence-corrected chi connectivity index (χ3v) is 2.24. The molecule has 0 heterocycles. The maximum atomic E-state index is 11.6. The average Bonchev–Trinajstić information content (AvgIpc) is 2.30. The molecular weight excluding hydrogens is 234 g/mol. The lowest BCUT2D eigenvalue weighted by Gasteiger charge is -2.14. The van der Waals surface area contributed by atoms with Crippen LogP contribution >= 0.6 is 0 Å². The zero-order valence-corrected chi connectivity index (χ0v) is 11.7. The molecule has 106 valence electrons. The van der Waals surface area contributed by atoms with Crippen LogP contribution < -0.4 is 16.0 Å². The number of ether oxygens (including phenoxy) is 1. The van der Waals surface area contributed by atoms with Crippen LogP contribution in [0.15, 0.2) is 0 Å². The number of nitrogens with one attached hydrogen (secondary N) is 3. The Labute approximate surface area is 109 Å². The molecule has 0 aromatic carbocycles. The standard InChI is InChI=1S/C12H25N3O3/c1-9(2)15-11(16)8-14-10(3)12(17)13-6-5-7-18-4/h9-10,14H,5-8H2,1-4H3,(H,13,17)(H,15,16). The van der Waals surface area contributed by atoms with E-state index in [4.69, 9.17) is 4.74 Å². The second-order valence-corrected chi connectivity index (χ2v) is 4.46. The van der Waals surface area contributed by atoms with Gasteiger partial charge in [-0.25, -0.2) is 0 Å². The van der Waals surface area contributed by atoms with E-state index in [0.717, 1.165) is 6.42 Å². The van der Waals surface area contributed by atoms with Crippen molar-refractivity contribution in [2.45, 2.75) is 39.3 Å². The highest BCUT2D eigenvalue weighted by Gasteiger charge is 2.13. The molecule has 1 unspecified atom stereocenters. The average molecular weight is 259 g/mol. The fourth-order valence-electron chi connectivity index (χ4n) is 1.29. The summed E-state index contributed by atoms with van der Waals surface area (Å²) >= 11 is 0. The minimum absolute atomic E-state index is 0.107. The monoisotopic (exact) mass is 259 g/mol. The molecule has 0 fully saturated rings. The molecule has 0 spiro atoms. The molecular formula is C12H25N3O3. The van der Waals surface area contributed by atoms with Crippen molar-refractivity contribution in [2.75, 3.05) is 26.8 Å². The van der Waals surface area contributed by atoms with Gasteiger partial charge in [-0.3, -0.25) is 14.9 Å².